The smallest absolute Gasteiger partial charge is 0.207 e. The molecule has 0 N–H and O–H groups in total. The SMILES string of the molecule is Cc1ccsc1[C@@H]1CCCCCN1S(=O)(=O)c1cc(F)ccc1F. The molecule has 1 fully saturated rings. The number of benzene rings is 1. The second-order valence-electron chi connectivity index (χ2n) is 6.02. The highest BCUT2D eigenvalue weighted by atomic mass is 32.2. The molecule has 0 amide bonds. The van der Waals surface area contributed by atoms with Crippen molar-refractivity contribution in [1.82, 2.24) is 4.31 Å². The predicted molar refractivity (Wildman–Crippen MR) is 90.5 cm³/mol. The molecule has 3 rings (SSSR count). The summed E-state index contributed by atoms with van der Waals surface area (Å²) in [5.41, 5.74) is 1.03. The van der Waals surface area contributed by atoms with E-state index in [2.05, 4.69) is 0 Å². The minimum atomic E-state index is -4.11. The summed E-state index contributed by atoms with van der Waals surface area (Å²) in [6.07, 6.45) is 3.26. The van der Waals surface area contributed by atoms with Crippen molar-refractivity contribution in [1.29, 1.82) is 0 Å². The van der Waals surface area contributed by atoms with Crippen LogP contribution in [0.15, 0.2) is 34.5 Å². The summed E-state index contributed by atoms with van der Waals surface area (Å²) >= 11 is 1.51. The van der Waals surface area contributed by atoms with Crippen molar-refractivity contribution < 1.29 is 17.2 Å². The minimum Gasteiger partial charge on any atom is -0.207 e. The fourth-order valence-corrected chi connectivity index (χ4v) is 6.04. The van der Waals surface area contributed by atoms with E-state index in [1.807, 2.05) is 18.4 Å². The van der Waals surface area contributed by atoms with Gasteiger partial charge in [-0.3, -0.25) is 0 Å². The predicted octanol–water partition coefficient (Wildman–Crippen LogP) is 4.64. The second kappa shape index (κ2) is 6.90. The third-order valence-corrected chi connectivity index (χ3v) is 7.43. The first-order valence-electron chi connectivity index (χ1n) is 7.92. The van der Waals surface area contributed by atoms with Gasteiger partial charge in [-0.1, -0.05) is 12.8 Å². The Labute approximate surface area is 145 Å². The Kier molecular flexibility index (Phi) is 5.03. The van der Waals surface area contributed by atoms with Gasteiger partial charge in [0, 0.05) is 11.4 Å². The Balaban J connectivity index is 2.08. The Bertz CT molecular complexity index is 833. The fourth-order valence-electron chi connectivity index (χ4n) is 3.16. The van der Waals surface area contributed by atoms with Crippen molar-refractivity contribution >= 4 is 21.4 Å². The Morgan fingerprint density at radius 1 is 1.17 bits per heavy atom. The molecule has 1 aromatic carbocycles. The van der Waals surface area contributed by atoms with Crippen LogP contribution in [0.25, 0.3) is 0 Å². The van der Waals surface area contributed by atoms with Crippen LogP contribution in [0, 0.1) is 18.6 Å². The quantitative estimate of drug-likeness (QED) is 0.788. The van der Waals surface area contributed by atoms with Crippen LogP contribution in [0.1, 0.15) is 42.2 Å². The molecule has 0 radical (unpaired) electrons. The molecule has 1 aliphatic rings. The molecule has 3 nitrogen and oxygen atoms in total. The second-order valence-corrected chi connectivity index (χ2v) is 8.83. The summed E-state index contributed by atoms with van der Waals surface area (Å²) in [5, 5.41) is 1.93. The van der Waals surface area contributed by atoms with Crippen molar-refractivity contribution in [2.24, 2.45) is 0 Å². The third-order valence-electron chi connectivity index (χ3n) is 4.39. The van der Waals surface area contributed by atoms with Gasteiger partial charge in [-0.05, 0) is 55.0 Å². The number of aryl methyl sites for hydroxylation is 1. The van der Waals surface area contributed by atoms with Gasteiger partial charge in [0.2, 0.25) is 10.0 Å². The zero-order valence-electron chi connectivity index (χ0n) is 13.3. The van der Waals surface area contributed by atoms with E-state index in [9.17, 15) is 17.2 Å². The van der Waals surface area contributed by atoms with Gasteiger partial charge in [0.25, 0.3) is 0 Å². The number of rotatable bonds is 3. The van der Waals surface area contributed by atoms with Crippen LogP contribution >= 0.6 is 11.3 Å². The number of hydrogen-bond donors (Lipinski definition) is 0. The van der Waals surface area contributed by atoms with Crippen LogP contribution in [0.4, 0.5) is 8.78 Å². The Morgan fingerprint density at radius 3 is 2.67 bits per heavy atom. The summed E-state index contributed by atoms with van der Waals surface area (Å²) in [5.74, 6) is -1.67. The molecule has 1 aliphatic heterocycles. The third kappa shape index (κ3) is 3.25. The maximum atomic E-state index is 14.1. The molecule has 7 heteroatoms. The van der Waals surface area contributed by atoms with E-state index < -0.39 is 26.6 Å². The van der Waals surface area contributed by atoms with E-state index in [0.717, 1.165) is 47.9 Å². The summed E-state index contributed by atoms with van der Waals surface area (Å²) in [6.45, 7) is 2.27. The Morgan fingerprint density at radius 2 is 1.96 bits per heavy atom. The molecule has 2 heterocycles. The molecule has 0 saturated carbocycles. The number of nitrogens with zero attached hydrogens (tertiary/aromatic N) is 1. The van der Waals surface area contributed by atoms with Crippen LogP contribution in [0.5, 0.6) is 0 Å². The molecule has 0 aliphatic carbocycles. The van der Waals surface area contributed by atoms with Crippen LogP contribution in [0.3, 0.4) is 0 Å². The van der Waals surface area contributed by atoms with E-state index in [1.165, 1.54) is 15.6 Å². The fraction of sp³-hybridized carbons (Fsp3) is 0.412. The number of halogens is 2. The summed E-state index contributed by atoms with van der Waals surface area (Å²) in [6, 6.07) is 4.20. The largest absolute Gasteiger partial charge is 0.246 e. The van der Waals surface area contributed by atoms with Gasteiger partial charge in [0.05, 0.1) is 6.04 Å². The van der Waals surface area contributed by atoms with Crippen molar-refractivity contribution in [3.63, 3.8) is 0 Å². The molecule has 1 aromatic heterocycles. The maximum Gasteiger partial charge on any atom is 0.246 e. The molecule has 0 bridgehead atoms. The molecule has 24 heavy (non-hydrogen) atoms. The molecule has 0 unspecified atom stereocenters. The van der Waals surface area contributed by atoms with Gasteiger partial charge in [-0.2, -0.15) is 4.31 Å². The monoisotopic (exact) mass is 371 g/mol. The maximum absolute atomic E-state index is 14.1. The Hall–Kier alpha value is -1.31. The zero-order valence-corrected chi connectivity index (χ0v) is 15.0. The number of thiophene rings is 1. The minimum absolute atomic E-state index is 0.319. The van der Waals surface area contributed by atoms with Crippen molar-refractivity contribution in [3.8, 4) is 0 Å². The van der Waals surface area contributed by atoms with Gasteiger partial charge in [0.15, 0.2) is 0 Å². The topological polar surface area (TPSA) is 37.4 Å². The highest BCUT2D eigenvalue weighted by molar-refractivity contribution is 7.89. The standard InChI is InChI=1S/C17H19F2NO2S2/c1-12-8-10-23-17(12)15-5-3-2-4-9-20(15)24(21,22)16-11-13(18)6-7-14(16)19/h6-8,10-11,15H,2-5,9H2,1H3/t15-/m0/s1. The summed E-state index contributed by atoms with van der Waals surface area (Å²) in [4.78, 5) is 0.404. The van der Waals surface area contributed by atoms with E-state index in [4.69, 9.17) is 0 Å². The first kappa shape index (κ1) is 17.5. The average Bonchev–Trinajstić information content (AvgIpc) is 2.82. The molecule has 130 valence electrons. The van der Waals surface area contributed by atoms with Crippen molar-refractivity contribution in [3.05, 3.63) is 51.7 Å². The highest BCUT2D eigenvalue weighted by Gasteiger charge is 2.36. The number of sulfonamides is 1. The number of hydrogen-bond acceptors (Lipinski definition) is 3. The lowest BCUT2D eigenvalue weighted by atomic mass is 10.1. The molecular formula is C17H19F2NO2S2. The summed E-state index contributed by atoms with van der Waals surface area (Å²) < 4.78 is 55.1. The van der Waals surface area contributed by atoms with Crippen LogP contribution in [0.2, 0.25) is 0 Å². The van der Waals surface area contributed by atoms with Gasteiger partial charge in [0.1, 0.15) is 16.5 Å². The molecule has 1 saturated heterocycles. The van der Waals surface area contributed by atoms with Crippen molar-refractivity contribution in [2.45, 2.75) is 43.5 Å². The first-order valence-corrected chi connectivity index (χ1v) is 10.2. The van der Waals surface area contributed by atoms with Gasteiger partial charge >= 0.3 is 0 Å². The average molecular weight is 371 g/mol. The van der Waals surface area contributed by atoms with Crippen LogP contribution in [-0.2, 0) is 10.0 Å². The normalized spacial score (nSPS) is 20.0. The molecule has 2 aromatic rings. The zero-order chi connectivity index (χ0) is 17.3. The van der Waals surface area contributed by atoms with Crippen LogP contribution in [-0.4, -0.2) is 19.3 Å². The van der Waals surface area contributed by atoms with E-state index >= 15 is 0 Å². The molecule has 0 spiro atoms. The lowest BCUT2D eigenvalue weighted by Gasteiger charge is -2.29. The van der Waals surface area contributed by atoms with Crippen molar-refractivity contribution in [2.75, 3.05) is 6.54 Å². The lowest BCUT2D eigenvalue weighted by Crippen LogP contribution is -2.35. The van der Waals surface area contributed by atoms with Crippen LogP contribution < -0.4 is 0 Å². The van der Waals surface area contributed by atoms with Gasteiger partial charge in [-0.15, -0.1) is 11.3 Å². The lowest BCUT2D eigenvalue weighted by molar-refractivity contribution is 0.330. The molecular weight excluding hydrogens is 352 g/mol. The van der Waals surface area contributed by atoms with Gasteiger partial charge < -0.3 is 0 Å². The first-order chi connectivity index (χ1) is 11.4. The summed E-state index contributed by atoms with van der Waals surface area (Å²) in [7, 11) is -4.11. The van der Waals surface area contributed by atoms with E-state index in [1.54, 1.807) is 0 Å². The van der Waals surface area contributed by atoms with Gasteiger partial charge in [-0.25, -0.2) is 17.2 Å². The van der Waals surface area contributed by atoms with E-state index in [0.29, 0.717) is 13.0 Å². The van der Waals surface area contributed by atoms with E-state index in [-0.39, 0.29) is 6.04 Å². The molecule has 1 atom stereocenters. The highest BCUT2D eigenvalue weighted by Crippen LogP contribution is 2.38.